The molecule has 2 rings (SSSR count). The molecule has 0 saturated carbocycles. The molecule has 0 aliphatic rings. The first-order valence-corrected chi connectivity index (χ1v) is 8.76. The Morgan fingerprint density at radius 1 is 1.44 bits per heavy atom. The minimum absolute atomic E-state index is 0.0799. The highest BCUT2D eigenvalue weighted by atomic mass is 32.2. The number of thioether (sulfide) groups is 1. The average Bonchev–Trinajstić information content (AvgIpc) is 2.69. The number of aromatic nitrogens is 1. The van der Waals surface area contributed by atoms with Crippen LogP contribution in [0.2, 0.25) is 0 Å². The Hall–Kier alpha value is -0.630. The van der Waals surface area contributed by atoms with Crippen LogP contribution in [0.25, 0.3) is 10.2 Å². The highest BCUT2D eigenvalue weighted by Crippen LogP contribution is 2.31. The van der Waals surface area contributed by atoms with Crippen molar-refractivity contribution in [3.05, 3.63) is 18.2 Å². The first-order chi connectivity index (χ1) is 8.50. The van der Waals surface area contributed by atoms with Crippen molar-refractivity contribution in [3.8, 4) is 0 Å². The molecule has 0 aliphatic heterocycles. The zero-order chi connectivity index (χ0) is 13.2. The van der Waals surface area contributed by atoms with Crippen LogP contribution < -0.4 is 0 Å². The van der Waals surface area contributed by atoms with Crippen molar-refractivity contribution >= 4 is 43.4 Å². The third kappa shape index (κ3) is 3.23. The predicted octanol–water partition coefficient (Wildman–Crippen LogP) is 3.44. The Labute approximate surface area is 114 Å². The lowest BCUT2D eigenvalue weighted by Gasteiger charge is -1.94. The summed E-state index contributed by atoms with van der Waals surface area (Å²) in [7, 11) is -4.13. The summed E-state index contributed by atoms with van der Waals surface area (Å²) in [5.41, 5.74) is 0.770. The molecule has 4 nitrogen and oxygen atoms in total. The van der Waals surface area contributed by atoms with Crippen molar-refractivity contribution in [2.45, 2.75) is 29.0 Å². The molecule has 1 aromatic carbocycles. The summed E-state index contributed by atoms with van der Waals surface area (Å²) < 4.78 is 32.8. The zero-order valence-corrected chi connectivity index (χ0v) is 12.2. The van der Waals surface area contributed by atoms with Crippen molar-refractivity contribution in [1.82, 2.24) is 4.98 Å². The van der Waals surface area contributed by atoms with Crippen molar-refractivity contribution in [3.63, 3.8) is 0 Å². The van der Waals surface area contributed by atoms with Crippen LogP contribution in [0, 0.1) is 0 Å². The highest BCUT2D eigenvalue weighted by molar-refractivity contribution is 8.01. The number of rotatable bonds is 5. The van der Waals surface area contributed by atoms with E-state index in [9.17, 15) is 8.42 Å². The average molecular weight is 303 g/mol. The van der Waals surface area contributed by atoms with Crippen LogP contribution in [-0.2, 0) is 10.1 Å². The molecule has 1 aromatic heterocycles. The fourth-order valence-corrected chi connectivity index (χ4v) is 4.25. The molecule has 98 valence electrons. The van der Waals surface area contributed by atoms with Crippen LogP contribution in [0.3, 0.4) is 0 Å². The largest absolute Gasteiger partial charge is 0.294 e. The minimum atomic E-state index is -4.13. The van der Waals surface area contributed by atoms with Gasteiger partial charge in [-0.05, 0) is 24.6 Å². The SMILES string of the molecule is CCCCSc1nc2ccc(S(=O)(=O)O)cc2s1. The van der Waals surface area contributed by atoms with E-state index in [1.807, 2.05) is 0 Å². The number of hydrogen-bond donors (Lipinski definition) is 1. The molecule has 0 amide bonds. The van der Waals surface area contributed by atoms with Gasteiger partial charge in [0.2, 0.25) is 0 Å². The standard InChI is InChI=1S/C11H13NO3S3/c1-2-3-6-16-11-12-9-5-4-8(18(13,14)15)7-10(9)17-11/h4-5,7H,2-3,6H2,1H3,(H,13,14,15). The molecule has 1 heterocycles. The summed E-state index contributed by atoms with van der Waals surface area (Å²) in [6.45, 7) is 2.14. The van der Waals surface area contributed by atoms with E-state index in [1.165, 1.54) is 23.5 Å². The molecule has 2 aromatic rings. The van der Waals surface area contributed by atoms with Crippen molar-refractivity contribution < 1.29 is 13.0 Å². The van der Waals surface area contributed by atoms with Gasteiger partial charge >= 0.3 is 0 Å². The molecule has 0 radical (unpaired) electrons. The van der Waals surface area contributed by atoms with Crippen LogP contribution in [0.1, 0.15) is 19.8 Å². The summed E-state index contributed by atoms with van der Waals surface area (Å²) in [5.74, 6) is 1.02. The first kappa shape index (κ1) is 13.8. The summed E-state index contributed by atoms with van der Waals surface area (Å²) in [6, 6.07) is 4.46. The number of thiazole rings is 1. The molecule has 0 aliphatic carbocycles. The van der Waals surface area contributed by atoms with E-state index < -0.39 is 10.1 Å². The fourth-order valence-electron chi connectivity index (χ4n) is 1.41. The molecule has 0 unspecified atom stereocenters. The molecule has 18 heavy (non-hydrogen) atoms. The van der Waals surface area contributed by atoms with E-state index in [-0.39, 0.29) is 4.90 Å². The molecular formula is C11H13NO3S3. The topological polar surface area (TPSA) is 67.3 Å². The second-order valence-corrected chi connectivity index (χ2v) is 7.58. The lowest BCUT2D eigenvalue weighted by Crippen LogP contribution is -1.96. The number of benzene rings is 1. The van der Waals surface area contributed by atoms with E-state index in [4.69, 9.17) is 4.55 Å². The Morgan fingerprint density at radius 3 is 2.89 bits per heavy atom. The van der Waals surface area contributed by atoms with Gasteiger partial charge in [-0.25, -0.2) is 4.98 Å². The maximum atomic E-state index is 11.0. The van der Waals surface area contributed by atoms with Crippen LogP contribution >= 0.6 is 23.1 Å². The normalized spacial score (nSPS) is 12.1. The lowest BCUT2D eigenvalue weighted by atomic mass is 10.3. The van der Waals surface area contributed by atoms with Gasteiger partial charge < -0.3 is 0 Å². The van der Waals surface area contributed by atoms with Gasteiger partial charge in [-0.3, -0.25) is 4.55 Å². The Morgan fingerprint density at radius 2 is 2.22 bits per heavy atom. The molecular weight excluding hydrogens is 290 g/mol. The summed E-state index contributed by atoms with van der Waals surface area (Å²) in [4.78, 5) is 4.33. The molecule has 0 atom stereocenters. The van der Waals surface area contributed by atoms with E-state index in [1.54, 1.807) is 17.8 Å². The highest BCUT2D eigenvalue weighted by Gasteiger charge is 2.12. The number of unbranched alkanes of at least 4 members (excludes halogenated alkanes) is 1. The summed E-state index contributed by atoms with van der Waals surface area (Å²) in [6.07, 6.45) is 2.28. The third-order valence-electron chi connectivity index (χ3n) is 2.36. The van der Waals surface area contributed by atoms with Crippen LogP contribution in [-0.4, -0.2) is 23.7 Å². The maximum absolute atomic E-state index is 11.0. The van der Waals surface area contributed by atoms with Gasteiger partial charge in [0, 0.05) is 5.75 Å². The van der Waals surface area contributed by atoms with Gasteiger partial charge in [-0.15, -0.1) is 11.3 Å². The third-order valence-corrected chi connectivity index (χ3v) is 5.46. The molecule has 1 N–H and O–H groups in total. The van der Waals surface area contributed by atoms with Crippen molar-refractivity contribution in [1.29, 1.82) is 0 Å². The van der Waals surface area contributed by atoms with Gasteiger partial charge in [-0.2, -0.15) is 8.42 Å². The maximum Gasteiger partial charge on any atom is 0.294 e. The van der Waals surface area contributed by atoms with Crippen molar-refractivity contribution in [2.75, 3.05) is 5.75 Å². The van der Waals surface area contributed by atoms with Gasteiger partial charge in [0.05, 0.1) is 15.1 Å². The predicted molar refractivity (Wildman–Crippen MR) is 75.1 cm³/mol. The quantitative estimate of drug-likeness (QED) is 0.520. The molecule has 0 fully saturated rings. The van der Waals surface area contributed by atoms with E-state index in [2.05, 4.69) is 11.9 Å². The zero-order valence-electron chi connectivity index (χ0n) is 9.79. The summed E-state index contributed by atoms with van der Waals surface area (Å²) in [5, 5.41) is 0. The second-order valence-electron chi connectivity index (χ2n) is 3.79. The minimum Gasteiger partial charge on any atom is -0.282 e. The molecule has 7 heteroatoms. The van der Waals surface area contributed by atoms with Gasteiger partial charge in [0.25, 0.3) is 10.1 Å². The van der Waals surface area contributed by atoms with Crippen LogP contribution in [0.15, 0.2) is 27.4 Å². The molecule has 0 bridgehead atoms. The van der Waals surface area contributed by atoms with Crippen LogP contribution in [0.5, 0.6) is 0 Å². The van der Waals surface area contributed by atoms with Gasteiger partial charge in [0.1, 0.15) is 0 Å². The first-order valence-electron chi connectivity index (χ1n) is 5.51. The van der Waals surface area contributed by atoms with Gasteiger partial charge in [-0.1, -0.05) is 25.1 Å². The van der Waals surface area contributed by atoms with Gasteiger partial charge in [0.15, 0.2) is 4.34 Å². The Kier molecular flexibility index (Phi) is 4.26. The molecule has 0 spiro atoms. The smallest absolute Gasteiger partial charge is 0.282 e. The Balaban J connectivity index is 2.28. The fraction of sp³-hybridized carbons (Fsp3) is 0.364. The van der Waals surface area contributed by atoms with E-state index in [0.29, 0.717) is 0 Å². The van der Waals surface area contributed by atoms with Crippen LogP contribution in [0.4, 0.5) is 0 Å². The molecule has 0 saturated heterocycles. The lowest BCUT2D eigenvalue weighted by molar-refractivity contribution is 0.483. The van der Waals surface area contributed by atoms with E-state index >= 15 is 0 Å². The monoisotopic (exact) mass is 303 g/mol. The van der Waals surface area contributed by atoms with E-state index in [0.717, 1.165) is 33.2 Å². The number of fused-ring (bicyclic) bond motifs is 1. The second kappa shape index (κ2) is 5.56. The summed E-state index contributed by atoms with van der Waals surface area (Å²) >= 11 is 3.13. The Bertz CT molecular complexity index is 649. The van der Waals surface area contributed by atoms with Crippen molar-refractivity contribution in [2.24, 2.45) is 0 Å². The number of hydrogen-bond acceptors (Lipinski definition) is 5. The number of nitrogens with zero attached hydrogens (tertiary/aromatic N) is 1.